The monoisotopic (exact) mass is 502 g/mol. The lowest BCUT2D eigenvalue weighted by Crippen LogP contribution is -2.22. The first-order valence-electron chi connectivity index (χ1n) is 12.6. The molecule has 32 heavy (non-hydrogen) atoms. The van der Waals surface area contributed by atoms with Crippen LogP contribution in [0.5, 0.6) is 5.75 Å². The summed E-state index contributed by atoms with van der Waals surface area (Å²) in [6, 6.07) is 6.06. The Hall–Kier alpha value is -1.46. The second kappa shape index (κ2) is 13.9. The van der Waals surface area contributed by atoms with E-state index in [1.54, 1.807) is 0 Å². The molecule has 0 bridgehead atoms. The number of ether oxygens (including phenoxy) is 1. The molecule has 1 aromatic heterocycles. The highest BCUT2D eigenvalue weighted by Gasteiger charge is 2.20. The van der Waals surface area contributed by atoms with Crippen LogP contribution < -0.4 is 4.74 Å². The van der Waals surface area contributed by atoms with Gasteiger partial charge in [-0.1, -0.05) is 51.9 Å². The van der Waals surface area contributed by atoms with Crippen molar-refractivity contribution in [3.8, 4) is 17.1 Å². The van der Waals surface area contributed by atoms with Crippen LogP contribution in [-0.4, -0.2) is 27.8 Å². The molecule has 1 aliphatic carbocycles. The van der Waals surface area contributed by atoms with Gasteiger partial charge in [-0.2, -0.15) is 0 Å². The van der Waals surface area contributed by atoms with Gasteiger partial charge in [0, 0.05) is 18.0 Å². The molecular formula is C27H39BrN2O2. The summed E-state index contributed by atoms with van der Waals surface area (Å²) in [5, 5.41) is 9.65. The number of halogens is 1. The fourth-order valence-corrected chi connectivity index (χ4v) is 4.87. The number of nitrogens with zero attached hydrogens (tertiary/aromatic N) is 2. The van der Waals surface area contributed by atoms with Crippen LogP contribution in [0.15, 0.2) is 35.1 Å². The lowest BCUT2D eigenvalue weighted by molar-refractivity contribution is 0.0916. The van der Waals surface area contributed by atoms with Gasteiger partial charge in [0.25, 0.3) is 0 Å². The van der Waals surface area contributed by atoms with Crippen molar-refractivity contribution in [3.05, 3.63) is 40.6 Å². The van der Waals surface area contributed by atoms with Gasteiger partial charge in [0.2, 0.25) is 0 Å². The molecule has 1 aromatic carbocycles. The van der Waals surface area contributed by atoms with Crippen LogP contribution in [-0.2, 0) is 6.42 Å². The van der Waals surface area contributed by atoms with Crippen LogP contribution in [0.25, 0.3) is 11.4 Å². The van der Waals surface area contributed by atoms with Crippen LogP contribution >= 0.6 is 15.9 Å². The molecule has 1 N–H and O–H groups in total. The Bertz CT molecular complexity index is 789. The van der Waals surface area contributed by atoms with Crippen molar-refractivity contribution >= 4 is 15.9 Å². The van der Waals surface area contributed by atoms with Crippen molar-refractivity contribution in [2.24, 2.45) is 5.92 Å². The maximum absolute atomic E-state index is 9.65. The average molecular weight is 504 g/mol. The van der Waals surface area contributed by atoms with Crippen LogP contribution in [0, 0.1) is 5.92 Å². The van der Waals surface area contributed by atoms with Crippen molar-refractivity contribution in [1.29, 1.82) is 0 Å². The first kappa shape index (κ1) is 25.2. The third kappa shape index (κ3) is 8.47. The number of rotatable bonds is 13. The highest BCUT2D eigenvalue weighted by Crippen LogP contribution is 2.31. The topological polar surface area (TPSA) is 55.2 Å². The summed E-state index contributed by atoms with van der Waals surface area (Å²) >= 11 is 3.64. The van der Waals surface area contributed by atoms with Gasteiger partial charge < -0.3 is 9.84 Å². The third-order valence-electron chi connectivity index (χ3n) is 6.51. The predicted molar refractivity (Wildman–Crippen MR) is 135 cm³/mol. The van der Waals surface area contributed by atoms with Crippen molar-refractivity contribution < 1.29 is 9.84 Å². The highest BCUT2D eigenvalue weighted by atomic mass is 79.9. The van der Waals surface area contributed by atoms with Crippen molar-refractivity contribution in [3.63, 3.8) is 0 Å². The van der Waals surface area contributed by atoms with Crippen molar-refractivity contribution in [2.45, 2.75) is 96.5 Å². The molecule has 0 saturated heterocycles. The minimum Gasteiger partial charge on any atom is -0.492 e. The zero-order valence-electron chi connectivity index (χ0n) is 19.6. The minimum absolute atomic E-state index is 0.121. The van der Waals surface area contributed by atoms with E-state index in [2.05, 4.69) is 32.8 Å². The molecule has 4 nitrogen and oxygen atoms in total. The molecule has 1 saturated carbocycles. The number of hydrogen-bond acceptors (Lipinski definition) is 4. The van der Waals surface area contributed by atoms with Crippen LogP contribution in [0.3, 0.4) is 0 Å². The Balaban J connectivity index is 1.41. The number of aryl methyl sites for hydroxylation is 1. The summed E-state index contributed by atoms with van der Waals surface area (Å²) in [7, 11) is 0. The maximum atomic E-state index is 9.65. The van der Waals surface area contributed by atoms with Crippen LogP contribution in [0.4, 0.5) is 0 Å². The Morgan fingerprint density at radius 2 is 1.59 bits per heavy atom. The van der Waals surface area contributed by atoms with Gasteiger partial charge in [0.1, 0.15) is 5.75 Å². The number of aliphatic hydroxyl groups excluding tert-OH is 1. The predicted octanol–water partition coefficient (Wildman–Crippen LogP) is 7.52. The van der Waals surface area contributed by atoms with E-state index in [4.69, 9.17) is 4.74 Å². The van der Waals surface area contributed by atoms with Crippen molar-refractivity contribution in [1.82, 2.24) is 9.97 Å². The molecule has 0 unspecified atom stereocenters. The van der Waals surface area contributed by atoms with Crippen LogP contribution in [0.2, 0.25) is 0 Å². The summed E-state index contributed by atoms with van der Waals surface area (Å²) in [6.07, 6.45) is 19.4. The van der Waals surface area contributed by atoms with Crippen molar-refractivity contribution in [2.75, 3.05) is 6.61 Å². The number of benzene rings is 1. The average Bonchev–Trinajstić information content (AvgIpc) is 2.81. The smallest absolute Gasteiger partial charge is 0.159 e. The summed E-state index contributed by atoms with van der Waals surface area (Å²) in [6.45, 7) is 2.97. The normalized spacial score (nSPS) is 18.6. The van der Waals surface area contributed by atoms with Gasteiger partial charge in [0.15, 0.2) is 5.82 Å². The maximum Gasteiger partial charge on any atom is 0.159 e. The van der Waals surface area contributed by atoms with Gasteiger partial charge in [-0.05, 0) is 84.1 Å². The number of aliphatic hydroxyl groups is 1. The first-order chi connectivity index (χ1) is 15.7. The van der Waals surface area contributed by atoms with E-state index >= 15 is 0 Å². The molecule has 0 radical (unpaired) electrons. The first-order valence-corrected chi connectivity index (χ1v) is 13.4. The zero-order chi connectivity index (χ0) is 22.6. The molecule has 0 spiro atoms. The lowest BCUT2D eigenvalue weighted by atomic mass is 9.88. The molecule has 5 heteroatoms. The lowest BCUT2D eigenvalue weighted by Gasteiger charge is -2.25. The fourth-order valence-electron chi connectivity index (χ4n) is 4.37. The molecular weight excluding hydrogens is 464 g/mol. The summed E-state index contributed by atoms with van der Waals surface area (Å²) in [4.78, 5) is 9.20. The minimum atomic E-state index is -0.121. The highest BCUT2D eigenvalue weighted by molar-refractivity contribution is 9.10. The number of unbranched alkanes of at least 4 members (excludes halogenated alkanes) is 7. The molecule has 176 valence electrons. The quantitative estimate of drug-likeness (QED) is 0.287. The molecule has 3 rings (SSSR count). The molecule has 0 aliphatic heterocycles. The van der Waals surface area contributed by atoms with E-state index in [0.717, 1.165) is 53.7 Å². The van der Waals surface area contributed by atoms with E-state index in [0.29, 0.717) is 12.5 Å². The van der Waals surface area contributed by atoms with E-state index in [1.807, 2.05) is 30.6 Å². The summed E-state index contributed by atoms with van der Waals surface area (Å²) in [5.41, 5.74) is 2.21. The molecule has 0 amide bonds. The fraction of sp³-hybridized carbons (Fsp3) is 0.630. The molecule has 1 fully saturated rings. The van der Waals surface area contributed by atoms with E-state index in [1.165, 1.54) is 56.9 Å². The third-order valence-corrected chi connectivity index (χ3v) is 7.12. The van der Waals surface area contributed by atoms with E-state index < -0.39 is 0 Å². The van der Waals surface area contributed by atoms with Gasteiger partial charge in [0.05, 0.1) is 17.2 Å². The second-order valence-electron chi connectivity index (χ2n) is 9.27. The summed E-state index contributed by atoms with van der Waals surface area (Å²) < 4.78 is 6.97. The standard InChI is InChI=1S/C27H39BrN2O2/c1-2-3-4-5-6-7-8-9-10-22-18-29-27(30-19-22)23-13-16-26(25(28)17-23)32-20-21-11-14-24(31)15-12-21/h13,16-19,21,24,31H,2-12,14-15,20H2,1H3. The van der Waals surface area contributed by atoms with Gasteiger partial charge in [-0.25, -0.2) is 9.97 Å². The van der Waals surface area contributed by atoms with Gasteiger partial charge in [-0.15, -0.1) is 0 Å². The van der Waals surface area contributed by atoms with E-state index in [-0.39, 0.29) is 6.10 Å². The number of aromatic nitrogens is 2. The Kier molecular flexibility index (Phi) is 11.0. The second-order valence-corrected chi connectivity index (χ2v) is 10.1. The SMILES string of the molecule is CCCCCCCCCCc1cnc(-c2ccc(OCC3CCC(O)CC3)c(Br)c2)nc1. The zero-order valence-corrected chi connectivity index (χ0v) is 21.2. The molecule has 2 aromatic rings. The Morgan fingerprint density at radius 1 is 0.938 bits per heavy atom. The Labute approximate surface area is 202 Å². The van der Waals surface area contributed by atoms with Gasteiger partial charge in [-0.3, -0.25) is 0 Å². The van der Waals surface area contributed by atoms with Crippen LogP contribution in [0.1, 0.15) is 89.5 Å². The number of hydrogen-bond donors (Lipinski definition) is 1. The molecule has 1 heterocycles. The van der Waals surface area contributed by atoms with Gasteiger partial charge >= 0.3 is 0 Å². The molecule has 1 aliphatic rings. The largest absolute Gasteiger partial charge is 0.492 e. The summed E-state index contributed by atoms with van der Waals surface area (Å²) in [5.74, 6) is 2.13. The Morgan fingerprint density at radius 3 is 2.25 bits per heavy atom. The molecule has 0 atom stereocenters. The van der Waals surface area contributed by atoms with E-state index in [9.17, 15) is 5.11 Å².